The molecule has 7 nitrogen and oxygen atoms in total. The zero-order valence-corrected chi connectivity index (χ0v) is 19.5. The predicted molar refractivity (Wildman–Crippen MR) is 132 cm³/mol. The zero-order valence-electron chi connectivity index (χ0n) is 18.7. The van der Waals surface area contributed by atoms with Gasteiger partial charge in [0, 0.05) is 6.92 Å². The highest BCUT2D eigenvalue weighted by Crippen LogP contribution is 2.37. The molecule has 3 aromatic carbocycles. The van der Waals surface area contributed by atoms with Gasteiger partial charge in [0.2, 0.25) is 15.7 Å². The number of nitrogens with zero attached hydrogens (tertiary/aromatic N) is 3. The number of anilines is 1. The predicted octanol–water partition coefficient (Wildman–Crippen LogP) is 4.73. The number of fused-ring (bicyclic) bond motifs is 2. The Balaban J connectivity index is 1.88. The van der Waals surface area contributed by atoms with Crippen LogP contribution in [0.5, 0.6) is 0 Å². The van der Waals surface area contributed by atoms with Crippen molar-refractivity contribution in [1.82, 2.24) is 14.5 Å². The molecule has 0 atom stereocenters. The van der Waals surface area contributed by atoms with Crippen molar-refractivity contribution in [3.63, 3.8) is 0 Å². The summed E-state index contributed by atoms with van der Waals surface area (Å²) in [5, 5.41) is 2.76. The summed E-state index contributed by atoms with van der Waals surface area (Å²) in [7, 11) is -4.04. The number of carbonyl (C=O) groups is 1. The van der Waals surface area contributed by atoms with Gasteiger partial charge in [-0.15, -0.1) is 0 Å². The maximum absolute atomic E-state index is 13.9. The number of hydrogen-bond donors (Lipinski definition) is 1. The second kappa shape index (κ2) is 8.39. The van der Waals surface area contributed by atoms with Crippen LogP contribution in [-0.4, -0.2) is 28.9 Å². The highest BCUT2D eigenvalue weighted by molar-refractivity contribution is 7.92. The van der Waals surface area contributed by atoms with Crippen LogP contribution < -0.4 is 5.32 Å². The SMILES string of the molecule is CC(=O)Nc1c(S(=O)(=O)c2ccc(C)cc2)c2nc3ccccc3nc2n1Cc1ccccc1. The number of rotatable bonds is 5. The van der Waals surface area contributed by atoms with Gasteiger partial charge in [-0.3, -0.25) is 4.79 Å². The second-order valence-electron chi connectivity index (χ2n) is 8.13. The molecular formula is C26H22N4O3S. The average Bonchev–Trinajstić information content (AvgIpc) is 3.10. The van der Waals surface area contributed by atoms with Crippen LogP contribution in [0.3, 0.4) is 0 Å². The molecule has 0 saturated heterocycles. The van der Waals surface area contributed by atoms with Crippen molar-refractivity contribution >= 4 is 43.8 Å². The van der Waals surface area contributed by atoms with E-state index in [1.165, 1.54) is 6.92 Å². The lowest BCUT2D eigenvalue weighted by Crippen LogP contribution is -2.15. The summed E-state index contributed by atoms with van der Waals surface area (Å²) < 4.78 is 29.6. The van der Waals surface area contributed by atoms with Gasteiger partial charge in [0.15, 0.2) is 5.65 Å². The summed E-state index contributed by atoms with van der Waals surface area (Å²) in [5.74, 6) is -0.232. The van der Waals surface area contributed by atoms with Gasteiger partial charge in [-0.2, -0.15) is 0 Å². The molecule has 1 amide bonds. The molecule has 0 aliphatic carbocycles. The van der Waals surface area contributed by atoms with Gasteiger partial charge >= 0.3 is 0 Å². The van der Waals surface area contributed by atoms with Gasteiger partial charge in [0.25, 0.3) is 0 Å². The van der Waals surface area contributed by atoms with Crippen LogP contribution in [0.1, 0.15) is 18.1 Å². The Bertz CT molecular complexity index is 1640. The minimum Gasteiger partial charge on any atom is -0.311 e. The number of sulfone groups is 1. The van der Waals surface area contributed by atoms with E-state index in [0.29, 0.717) is 23.2 Å². The van der Waals surface area contributed by atoms with Crippen LogP contribution in [0.15, 0.2) is 88.7 Å². The Kier molecular flexibility index (Phi) is 5.37. The maximum Gasteiger partial charge on any atom is 0.222 e. The van der Waals surface area contributed by atoms with Crippen LogP contribution in [0.4, 0.5) is 5.82 Å². The molecular weight excluding hydrogens is 448 g/mol. The molecule has 1 N–H and O–H groups in total. The fraction of sp³-hybridized carbons (Fsp3) is 0.115. The van der Waals surface area contributed by atoms with E-state index >= 15 is 0 Å². The van der Waals surface area contributed by atoms with E-state index in [9.17, 15) is 13.2 Å². The summed E-state index contributed by atoms with van der Waals surface area (Å²) in [6.07, 6.45) is 0. The van der Waals surface area contributed by atoms with E-state index in [0.717, 1.165) is 11.1 Å². The number of hydrogen-bond acceptors (Lipinski definition) is 5. The van der Waals surface area contributed by atoms with Gasteiger partial charge in [-0.1, -0.05) is 60.2 Å². The number of aryl methyl sites for hydroxylation is 1. The van der Waals surface area contributed by atoms with E-state index in [1.807, 2.05) is 55.5 Å². The molecule has 0 bridgehead atoms. The van der Waals surface area contributed by atoms with Crippen molar-refractivity contribution in [2.75, 3.05) is 5.32 Å². The Labute approximate surface area is 197 Å². The Morgan fingerprint density at radius 3 is 2.15 bits per heavy atom. The Hall–Kier alpha value is -4.04. The Morgan fingerprint density at radius 1 is 0.882 bits per heavy atom. The topological polar surface area (TPSA) is 93.9 Å². The lowest BCUT2D eigenvalue weighted by molar-refractivity contribution is -0.114. The van der Waals surface area contributed by atoms with Crippen molar-refractivity contribution < 1.29 is 13.2 Å². The maximum atomic E-state index is 13.9. The van der Waals surface area contributed by atoms with Crippen molar-refractivity contribution in [2.24, 2.45) is 0 Å². The van der Waals surface area contributed by atoms with E-state index < -0.39 is 9.84 Å². The van der Waals surface area contributed by atoms with Gasteiger partial charge < -0.3 is 9.88 Å². The first-order valence-corrected chi connectivity index (χ1v) is 12.2. The number of nitrogens with one attached hydrogen (secondary N) is 1. The highest BCUT2D eigenvalue weighted by atomic mass is 32.2. The smallest absolute Gasteiger partial charge is 0.222 e. The summed E-state index contributed by atoms with van der Waals surface area (Å²) in [6.45, 7) is 3.55. The molecule has 0 spiro atoms. The molecule has 0 radical (unpaired) electrons. The summed E-state index contributed by atoms with van der Waals surface area (Å²) in [5.41, 5.74) is 3.69. The van der Waals surface area contributed by atoms with Crippen LogP contribution in [0, 0.1) is 6.92 Å². The monoisotopic (exact) mass is 470 g/mol. The molecule has 170 valence electrons. The van der Waals surface area contributed by atoms with Crippen molar-refractivity contribution in [3.05, 3.63) is 90.0 Å². The molecule has 34 heavy (non-hydrogen) atoms. The van der Waals surface area contributed by atoms with Crippen molar-refractivity contribution in [2.45, 2.75) is 30.2 Å². The highest BCUT2D eigenvalue weighted by Gasteiger charge is 2.32. The fourth-order valence-electron chi connectivity index (χ4n) is 3.97. The standard InChI is InChI=1S/C26H22N4O3S/c1-17-12-14-20(15-13-17)34(32,33)24-23-25(29-22-11-7-6-10-21(22)28-23)30(26(24)27-18(2)31)16-19-8-4-3-5-9-19/h3-15H,16H2,1-2H3,(H,27,31). The summed E-state index contributed by atoms with van der Waals surface area (Å²) in [6, 6.07) is 23.5. The molecule has 0 aliphatic rings. The first-order chi connectivity index (χ1) is 16.3. The third-order valence-corrected chi connectivity index (χ3v) is 7.40. The number of benzene rings is 3. The molecule has 2 heterocycles. The molecule has 0 fully saturated rings. The third-order valence-electron chi connectivity index (χ3n) is 5.59. The van der Waals surface area contributed by atoms with Crippen molar-refractivity contribution in [1.29, 1.82) is 0 Å². The normalized spacial score (nSPS) is 11.7. The molecule has 5 aromatic rings. The van der Waals surface area contributed by atoms with Crippen LogP contribution in [0.2, 0.25) is 0 Å². The second-order valence-corrected chi connectivity index (χ2v) is 10.0. The Morgan fingerprint density at radius 2 is 1.50 bits per heavy atom. The summed E-state index contributed by atoms with van der Waals surface area (Å²) >= 11 is 0. The van der Waals surface area contributed by atoms with E-state index in [2.05, 4.69) is 5.32 Å². The molecule has 0 unspecified atom stereocenters. The van der Waals surface area contributed by atoms with Gasteiger partial charge in [-0.25, -0.2) is 18.4 Å². The molecule has 0 saturated carbocycles. The number of carbonyl (C=O) groups excluding carboxylic acids is 1. The summed E-state index contributed by atoms with van der Waals surface area (Å²) in [4.78, 5) is 21.8. The van der Waals surface area contributed by atoms with Gasteiger partial charge in [0.05, 0.1) is 22.5 Å². The molecule has 5 rings (SSSR count). The minimum absolute atomic E-state index is 0.0595. The minimum atomic E-state index is -4.04. The van der Waals surface area contributed by atoms with Crippen LogP contribution >= 0.6 is 0 Å². The van der Waals surface area contributed by atoms with Gasteiger partial charge in [0.1, 0.15) is 16.2 Å². The first kappa shape index (κ1) is 21.8. The van der Waals surface area contributed by atoms with E-state index in [-0.39, 0.29) is 27.0 Å². The van der Waals surface area contributed by atoms with E-state index in [1.54, 1.807) is 34.9 Å². The number of aromatic nitrogens is 3. The number of para-hydroxylation sites is 2. The van der Waals surface area contributed by atoms with E-state index in [4.69, 9.17) is 9.97 Å². The lowest BCUT2D eigenvalue weighted by atomic mass is 10.2. The average molecular weight is 471 g/mol. The van der Waals surface area contributed by atoms with Crippen LogP contribution in [-0.2, 0) is 21.2 Å². The third kappa shape index (κ3) is 3.82. The quantitative estimate of drug-likeness (QED) is 0.401. The molecule has 2 aromatic heterocycles. The number of amides is 1. The zero-order chi connectivity index (χ0) is 23.9. The first-order valence-electron chi connectivity index (χ1n) is 10.8. The molecule has 8 heteroatoms. The lowest BCUT2D eigenvalue weighted by Gasteiger charge is -2.12. The van der Waals surface area contributed by atoms with Gasteiger partial charge in [-0.05, 0) is 36.8 Å². The fourth-order valence-corrected chi connectivity index (χ4v) is 5.51. The molecule has 0 aliphatic heterocycles. The van der Waals surface area contributed by atoms with Crippen LogP contribution in [0.25, 0.3) is 22.2 Å². The largest absolute Gasteiger partial charge is 0.311 e. The van der Waals surface area contributed by atoms with Crippen molar-refractivity contribution in [3.8, 4) is 0 Å².